The average Bonchev–Trinajstić information content (AvgIpc) is 2.35. The Hall–Kier alpha value is -1.69. The fourth-order valence-corrected chi connectivity index (χ4v) is 1.92. The number of rotatable bonds is 6. The Morgan fingerprint density at radius 3 is 2.47 bits per heavy atom. The molecule has 0 saturated carbocycles. The molecule has 0 fully saturated rings. The molecular formula is C12H16ClN3O3. The standard InChI is InChI=1S/C12H16ClN3O3/c1-3-12(4-2,11(18)19)6-10(17)16-9-5-8(13)14-7-15-9/h5,7H,3-4,6H2,1-2H3,(H,18,19)(H,14,15,16,17). The molecule has 2 N–H and O–H groups in total. The van der Waals surface area contributed by atoms with Crippen LogP contribution in [0.25, 0.3) is 0 Å². The van der Waals surface area contributed by atoms with Gasteiger partial charge in [0.1, 0.15) is 17.3 Å². The summed E-state index contributed by atoms with van der Waals surface area (Å²) >= 11 is 5.67. The van der Waals surface area contributed by atoms with Crippen LogP contribution in [0.1, 0.15) is 33.1 Å². The Morgan fingerprint density at radius 1 is 1.37 bits per heavy atom. The van der Waals surface area contributed by atoms with Gasteiger partial charge in [0, 0.05) is 12.5 Å². The third-order valence-corrected chi connectivity index (χ3v) is 3.41. The Balaban J connectivity index is 2.76. The molecule has 1 aromatic heterocycles. The average molecular weight is 286 g/mol. The summed E-state index contributed by atoms with van der Waals surface area (Å²) in [6, 6.07) is 1.40. The predicted octanol–water partition coefficient (Wildman–Crippen LogP) is 2.35. The van der Waals surface area contributed by atoms with Crippen LogP contribution >= 0.6 is 11.6 Å². The van der Waals surface area contributed by atoms with Crippen LogP contribution < -0.4 is 5.32 Å². The van der Waals surface area contributed by atoms with Crippen LogP contribution in [0, 0.1) is 5.41 Å². The number of hydrogen-bond donors (Lipinski definition) is 2. The van der Waals surface area contributed by atoms with Gasteiger partial charge in [0.2, 0.25) is 5.91 Å². The summed E-state index contributed by atoms with van der Waals surface area (Å²) in [6.45, 7) is 3.51. The van der Waals surface area contributed by atoms with Crippen LogP contribution in [0.3, 0.4) is 0 Å². The van der Waals surface area contributed by atoms with Crippen molar-refractivity contribution in [3.8, 4) is 0 Å². The molecule has 0 aliphatic heterocycles. The van der Waals surface area contributed by atoms with Gasteiger partial charge in [-0.05, 0) is 12.8 Å². The minimum Gasteiger partial charge on any atom is -0.481 e. The van der Waals surface area contributed by atoms with Gasteiger partial charge in [0.05, 0.1) is 5.41 Å². The molecule has 0 unspecified atom stereocenters. The number of nitrogens with one attached hydrogen (secondary N) is 1. The first-order valence-electron chi connectivity index (χ1n) is 5.94. The summed E-state index contributed by atoms with van der Waals surface area (Å²) in [7, 11) is 0. The van der Waals surface area contributed by atoms with Crippen molar-refractivity contribution in [2.45, 2.75) is 33.1 Å². The van der Waals surface area contributed by atoms with Crippen molar-refractivity contribution in [3.05, 3.63) is 17.5 Å². The lowest BCUT2D eigenvalue weighted by Crippen LogP contribution is -2.34. The first-order valence-corrected chi connectivity index (χ1v) is 6.32. The van der Waals surface area contributed by atoms with E-state index in [1.165, 1.54) is 12.4 Å². The molecule has 0 aromatic carbocycles. The molecule has 0 spiro atoms. The van der Waals surface area contributed by atoms with Crippen molar-refractivity contribution in [1.29, 1.82) is 0 Å². The number of halogens is 1. The van der Waals surface area contributed by atoms with Crippen LogP contribution in [-0.2, 0) is 9.59 Å². The van der Waals surface area contributed by atoms with E-state index in [1.54, 1.807) is 13.8 Å². The summed E-state index contributed by atoms with van der Waals surface area (Å²) < 4.78 is 0. The van der Waals surface area contributed by atoms with E-state index in [0.717, 1.165) is 0 Å². The Labute approximate surface area is 116 Å². The van der Waals surface area contributed by atoms with Crippen LogP contribution in [0.4, 0.5) is 5.82 Å². The summed E-state index contributed by atoms with van der Waals surface area (Å²) in [6.07, 6.45) is 1.90. The SMILES string of the molecule is CCC(CC)(CC(=O)Nc1cc(Cl)ncn1)C(=O)O. The number of amides is 1. The number of nitrogens with zero attached hydrogens (tertiary/aromatic N) is 2. The minimum absolute atomic E-state index is 0.100. The number of carbonyl (C=O) groups excluding carboxylic acids is 1. The molecule has 1 rings (SSSR count). The van der Waals surface area contributed by atoms with Crippen LogP contribution in [0.5, 0.6) is 0 Å². The molecule has 0 atom stereocenters. The van der Waals surface area contributed by atoms with E-state index in [4.69, 9.17) is 11.6 Å². The van der Waals surface area contributed by atoms with Crippen molar-refractivity contribution in [3.63, 3.8) is 0 Å². The maximum atomic E-state index is 11.9. The number of anilines is 1. The minimum atomic E-state index is -1.04. The van der Waals surface area contributed by atoms with E-state index in [0.29, 0.717) is 12.8 Å². The second-order valence-corrected chi connectivity index (χ2v) is 4.63. The molecule has 0 aliphatic carbocycles. The maximum absolute atomic E-state index is 11.9. The van der Waals surface area contributed by atoms with Gasteiger partial charge in [-0.1, -0.05) is 25.4 Å². The van der Waals surface area contributed by atoms with Crippen molar-refractivity contribution in [2.75, 3.05) is 5.32 Å². The lowest BCUT2D eigenvalue weighted by molar-refractivity contribution is -0.151. The number of aromatic nitrogens is 2. The molecule has 0 radical (unpaired) electrons. The second kappa shape index (κ2) is 6.47. The molecule has 0 bridgehead atoms. The molecule has 19 heavy (non-hydrogen) atoms. The van der Waals surface area contributed by atoms with Crippen molar-refractivity contribution in [1.82, 2.24) is 9.97 Å². The van der Waals surface area contributed by atoms with E-state index < -0.39 is 17.3 Å². The molecular weight excluding hydrogens is 270 g/mol. The number of carboxylic acids is 1. The fraction of sp³-hybridized carbons (Fsp3) is 0.500. The first-order chi connectivity index (χ1) is 8.93. The van der Waals surface area contributed by atoms with Gasteiger partial charge in [0.25, 0.3) is 0 Å². The van der Waals surface area contributed by atoms with Gasteiger partial charge in [0.15, 0.2) is 0 Å². The molecule has 104 valence electrons. The molecule has 7 heteroatoms. The molecule has 0 aliphatic rings. The summed E-state index contributed by atoms with van der Waals surface area (Å²) in [5.74, 6) is -1.11. The summed E-state index contributed by atoms with van der Waals surface area (Å²) in [5.41, 5.74) is -1.04. The zero-order chi connectivity index (χ0) is 14.5. The predicted molar refractivity (Wildman–Crippen MR) is 70.9 cm³/mol. The zero-order valence-electron chi connectivity index (χ0n) is 10.8. The molecule has 6 nitrogen and oxygen atoms in total. The Kier molecular flexibility index (Phi) is 5.23. The fourth-order valence-electron chi connectivity index (χ4n) is 1.77. The number of aliphatic carboxylic acids is 1. The van der Waals surface area contributed by atoms with E-state index in [2.05, 4.69) is 15.3 Å². The zero-order valence-corrected chi connectivity index (χ0v) is 11.6. The van der Waals surface area contributed by atoms with E-state index in [1.807, 2.05) is 0 Å². The van der Waals surface area contributed by atoms with Crippen molar-refractivity contribution < 1.29 is 14.7 Å². The monoisotopic (exact) mass is 285 g/mol. The van der Waals surface area contributed by atoms with E-state index in [-0.39, 0.29) is 17.4 Å². The smallest absolute Gasteiger partial charge is 0.310 e. The Bertz CT molecular complexity index is 475. The molecule has 1 aromatic rings. The van der Waals surface area contributed by atoms with Gasteiger partial charge in [-0.25, -0.2) is 9.97 Å². The highest BCUT2D eigenvalue weighted by molar-refractivity contribution is 6.29. The Morgan fingerprint density at radius 2 is 2.00 bits per heavy atom. The number of carboxylic acid groups (broad SMARTS) is 1. The largest absolute Gasteiger partial charge is 0.481 e. The molecule has 1 heterocycles. The van der Waals surface area contributed by atoms with Crippen LogP contribution in [-0.4, -0.2) is 27.0 Å². The number of hydrogen-bond acceptors (Lipinski definition) is 4. The van der Waals surface area contributed by atoms with Gasteiger partial charge in [-0.2, -0.15) is 0 Å². The quantitative estimate of drug-likeness (QED) is 0.783. The lowest BCUT2D eigenvalue weighted by Gasteiger charge is -2.25. The van der Waals surface area contributed by atoms with Crippen molar-refractivity contribution in [2.24, 2.45) is 5.41 Å². The van der Waals surface area contributed by atoms with Gasteiger partial charge in [-0.3, -0.25) is 9.59 Å². The van der Waals surface area contributed by atoms with Gasteiger partial charge in [-0.15, -0.1) is 0 Å². The van der Waals surface area contributed by atoms with Gasteiger partial charge >= 0.3 is 5.97 Å². The first kappa shape index (κ1) is 15.4. The summed E-state index contributed by atoms with van der Waals surface area (Å²) in [4.78, 5) is 30.7. The highest BCUT2D eigenvalue weighted by atomic mass is 35.5. The second-order valence-electron chi connectivity index (χ2n) is 4.24. The maximum Gasteiger partial charge on any atom is 0.310 e. The van der Waals surface area contributed by atoms with E-state index in [9.17, 15) is 14.7 Å². The number of carbonyl (C=O) groups is 2. The van der Waals surface area contributed by atoms with E-state index >= 15 is 0 Å². The summed E-state index contributed by atoms with van der Waals surface area (Å²) in [5, 5.41) is 12.0. The van der Waals surface area contributed by atoms with Crippen molar-refractivity contribution >= 4 is 29.3 Å². The van der Waals surface area contributed by atoms with Crippen LogP contribution in [0.2, 0.25) is 5.15 Å². The third kappa shape index (κ3) is 3.89. The third-order valence-electron chi connectivity index (χ3n) is 3.21. The topological polar surface area (TPSA) is 92.2 Å². The normalized spacial score (nSPS) is 11.1. The molecule has 1 amide bonds. The highest BCUT2D eigenvalue weighted by Gasteiger charge is 2.37. The van der Waals surface area contributed by atoms with Gasteiger partial charge < -0.3 is 10.4 Å². The van der Waals surface area contributed by atoms with Crippen LogP contribution in [0.15, 0.2) is 12.4 Å². The molecule has 0 saturated heterocycles. The lowest BCUT2D eigenvalue weighted by atomic mass is 9.79. The highest BCUT2D eigenvalue weighted by Crippen LogP contribution is 2.31.